The summed E-state index contributed by atoms with van der Waals surface area (Å²) in [4.78, 5) is 20.1. The van der Waals surface area contributed by atoms with E-state index in [1.807, 2.05) is 42.6 Å². The molecular formula is C37H41ClN2O3. The van der Waals surface area contributed by atoms with Gasteiger partial charge >= 0.3 is 5.97 Å². The maximum absolute atomic E-state index is 12.6. The maximum Gasteiger partial charge on any atom is 0.341 e. The first-order valence-corrected chi connectivity index (χ1v) is 16.0. The van der Waals surface area contributed by atoms with Crippen LogP contribution in [0, 0.1) is 11.3 Å². The number of carbonyl (C=O) groups is 1. The fourth-order valence-corrected chi connectivity index (χ4v) is 7.11. The zero-order valence-electron chi connectivity index (χ0n) is 25.4. The number of aromatic amines is 1. The molecule has 6 heteroatoms. The minimum Gasteiger partial charge on any atom is -0.465 e. The summed E-state index contributed by atoms with van der Waals surface area (Å²) in [7, 11) is 1.40. The topological polar surface area (TPSA) is 64.2 Å². The van der Waals surface area contributed by atoms with Gasteiger partial charge in [-0.05, 0) is 128 Å². The fraction of sp³-hybridized carbons (Fsp3) is 0.405. The summed E-state index contributed by atoms with van der Waals surface area (Å²) >= 11 is 6.20. The van der Waals surface area contributed by atoms with Crippen molar-refractivity contribution in [3.63, 3.8) is 0 Å². The number of rotatable bonds is 8. The summed E-state index contributed by atoms with van der Waals surface area (Å²) in [5.74, 6) is 1.91. The standard InChI is InChI=1S/C37H41ClN2O3/c1-37(2)18-16-27(33(22-37)26-10-13-30(38)14-11-26)9-6-24-4-7-25(8-5-24)28-12-15-32(36(41)42-3)34(21-28)43-31-20-29-17-19-39-35(29)40-23-31/h10-15,17,19-21,23-25H,4-9,16,18,22H2,1-3H3,(H,39,40). The fourth-order valence-electron chi connectivity index (χ4n) is 6.99. The summed E-state index contributed by atoms with van der Waals surface area (Å²) in [6, 6.07) is 18.3. The van der Waals surface area contributed by atoms with E-state index in [0.717, 1.165) is 41.2 Å². The lowest BCUT2D eigenvalue weighted by molar-refractivity contribution is 0.0598. The van der Waals surface area contributed by atoms with Crippen molar-refractivity contribution >= 4 is 34.2 Å². The summed E-state index contributed by atoms with van der Waals surface area (Å²) in [6.07, 6.45) is 14.3. The number of esters is 1. The van der Waals surface area contributed by atoms with Gasteiger partial charge in [0.15, 0.2) is 0 Å². The van der Waals surface area contributed by atoms with Crippen molar-refractivity contribution in [2.45, 2.75) is 77.6 Å². The van der Waals surface area contributed by atoms with E-state index in [4.69, 9.17) is 21.1 Å². The van der Waals surface area contributed by atoms with Crippen LogP contribution in [0.1, 0.15) is 99.0 Å². The highest BCUT2D eigenvalue weighted by Gasteiger charge is 2.29. The Morgan fingerprint density at radius 3 is 2.60 bits per heavy atom. The van der Waals surface area contributed by atoms with E-state index in [9.17, 15) is 4.79 Å². The van der Waals surface area contributed by atoms with Crippen molar-refractivity contribution in [1.82, 2.24) is 9.97 Å². The lowest BCUT2D eigenvalue weighted by atomic mass is 9.70. The Morgan fingerprint density at radius 2 is 1.84 bits per heavy atom. The molecule has 5 nitrogen and oxygen atoms in total. The van der Waals surface area contributed by atoms with Crippen LogP contribution >= 0.6 is 11.6 Å². The predicted molar refractivity (Wildman–Crippen MR) is 174 cm³/mol. The number of aromatic nitrogens is 2. The molecule has 2 aromatic carbocycles. The van der Waals surface area contributed by atoms with Crippen LogP contribution in [-0.2, 0) is 4.74 Å². The first-order valence-electron chi connectivity index (χ1n) is 15.6. The van der Waals surface area contributed by atoms with Crippen molar-refractivity contribution in [2.24, 2.45) is 11.3 Å². The predicted octanol–water partition coefficient (Wildman–Crippen LogP) is 10.5. The van der Waals surface area contributed by atoms with Crippen LogP contribution in [0.15, 0.2) is 72.6 Å². The number of carbonyl (C=O) groups excluding carboxylic acids is 1. The smallest absolute Gasteiger partial charge is 0.341 e. The van der Waals surface area contributed by atoms with Crippen molar-refractivity contribution in [3.05, 3.63) is 94.3 Å². The minimum atomic E-state index is -0.403. The van der Waals surface area contributed by atoms with Crippen molar-refractivity contribution in [3.8, 4) is 11.5 Å². The molecule has 0 radical (unpaired) electrons. The zero-order valence-corrected chi connectivity index (χ0v) is 26.2. The average molecular weight is 597 g/mol. The van der Waals surface area contributed by atoms with Gasteiger partial charge < -0.3 is 14.5 Å². The number of nitrogens with zero attached hydrogens (tertiary/aromatic N) is 1. The second-order valence-electron chi connectivity index (χ2n) is 13.1. The van der Waals surface area contributed by atoms with Gasteiger partial charge in [0.1, 0.15) is 22.7 Å². The molecule has 0 spiro atoms. The van der Waals surface area contributed by atoms with Crippen LogP contribution in [0.2, 0.25) is 5.02 Å². The Labute approximate surface area is 259 Å². The second-order valence-corrected chi connectivity index (χ2v) is 13.6. The molecule has 1 N–H and O–H groups in total. The number of hydrogen-bond donors (Lipinski definition) is 1. The quantitative estimate of drug-likeness (QED) is 0.205. The number of nitrogens with one attached hydrogen (secondary N) is 1. The van der Waals surface area contributed by atoms with Crippen molar-refractivity contribution in [1.29, 1.82) is 0 Å². The van der Waals surface area contributed by atoms with Gasteiger partial charge in [0.05, 0.1) is 13.3 Å². The first kappa shape index (κ1) is 29.5. The maximum atomic E-state index is 12.6. The largest absolute Gasteiger partial charge is 0.465 e. The Balaban J connectivity index is 1.13. The number of ether oxygens (including phenoxy) is 2. The zero-order chi connectivity index (χ0) is 30.0. The van der Waals surface area contributed by atoms with Gasteiger partial charge in [0, 0.05) is 16.6 Å². The molecule has 0 atom stereocenters. The lowest BCUT2D eigenvalue weighted by Gasteiger charge is -2.35. The lowest BCUT2D eigenvalue weighted by Crippen LogP contribution is -2.19. The van der Waals surface area contributed by atoms with E-state index in [2.05, 4.69) is 42.0 Å². The molecule has 1 saturated carbocycles. The molecule has 1 fully saturated rings. The molecule has 2 heterocycles. The minimum absolute atomic E-state index is 0.341. The second kappa shape index (κ2) is 12.6. The third-order valence-electron chi connectivity index (χ3n) is 9.56. The Morgan fingerprint density at radius 1 is 1.05 bits per heavy atom. The number of H-pyrrole nitrogens is 1. The number of allylic oxidation sites excluding steroid dienone is 2. The Hall–Kier alpha value is -3.57. The highest BCUT2D eigenvalue weighted by atomic mass is 35.5. The summed E-state index contributed by atoms with van der Waals surface area (Å²) in [5.41, 5.74) is 7.33. The molecule has 224 valence electrons. The SMILES string of the molecule is COC(=O)c1ccc(C2CCC(CCC3=C(c4ccc(Cl)cc4)CC(C)(C)CC3)CC2)cc1Oc1cnc2[nH]ccc2c1. The molecular weight excluding hydrogens is 556 g/mol. The molecule has 6 rings (SSSR count). The van der Waals surface area contributed by atoms with Crippen molar-refractivity contribution in [2.75, 3.05) is 7.11 Å². The van der Waals surface area contributed by atoms with Crippen LogP contribution in [0.5, 0.6) is 11.5 Å². The number of pyridine rings is 1. The van der Waals surface area contributed by atoms with Gasteiger partial charge in [-0.1, -0.05) is 49.2 Å². The molecule has 4 aromatic rings. The summed E-state index contributed by atoms with van der Waals surface area (Å²) < 4.78 is 11.3. The molecule has 2 aromatic heterocycles. The number of halogens is 1. The third kappa shape index (κ3) is 6.83. The average Bonchev–Trinajstić information content (AvgIpc) is 3.48. The number of fused-ring (bicyclic) bond motifs is 1. The Bertz CT molecular complexity index is 1630. The van der Waals surface area contributed by atoms with Crippen LogP contribution < -0.4 is 4.74 Å². The molecule has 0 amide bonds. The molecule has 0 bridgehead atoms. The molecule has 0 saturated heterocycles. The van der Waals surface area contributed by atoms with Crippen LogP contribution in [0.4, 0.5) is 0 Å². The summed E-state index contributed by atoms with van der Waals surface area (Å²) in [5, 5.41) is 1.76. The summed E-state index contributed by atoms with van der Waals surface area (Å²) in [6.45, 7) is 4.79. The Kier molecular flexibility index (Phi) is 8.63. The first-order chi connectivity index (χ1) is 20.8. The van der Waals surface area contributed by atoms with Gasteiger partial charge in [-0.15, -0.1) is 0 Å². The molecule has 0 aliphatic heterocycles. The molecule has 43 heavy (non-hydrogen) atoms. The highest BCUT2D eigenvalue weighted by molar-refractivity contribution is 6.30. The van der Waals surface area contributed by atoms with Crippen LogP contribution in [0.3, 0.4) is 0 Å². The molecule has 2 aliphatic carbocycles. The number of hydrogen-bond acceptors (Lipinski definition) is 4. The van der Waals surface area contributed by atoms with Gasteiger partial charge in [-0.3, -0.25) is 0 Å². The van der Waals surface area contributed by atoms with Gasteiger partial charge in [0.25, 0.3) is 0 Å². The van der Waals surface area contributed by atoms with Gasteiger partial charge in [-0.25, -0.2) is 9.78 Å². The van der Waals surface area contributed by atoms with E-state index in [1.54, 1.807) is 17.3 Å². The van der Waals surface area contributed by atoms with Gasteiger partial charge in [-0.2, -0.15) is 0 Å². The van der Waals surface area contributed by atoms with Crippen molar-refractivity contribution < 1.29 is 14.3 Å². The number of methoxy groups -OCH3 is 1. The monoisotopic (exact) mass is 596 g/mol. The third-order valence-corrected chi connectivity index (χ3v) is 9.82. The molecule has 0 unspecified atom stereocenters. The van der Waals surface area contributed by atoms with E-state index >= 15 is 0 Å². The van der Waals surface area contributed by atoms with Gasteiger partial charge in [0.2, 0.25) is 0 Å². The van der Waals surface area contributed by atoms with E-state index in [0.29, 0.717) is 28.4 Å². The normalized spacial score (nSPS) is 20.3. The van der Waals surface area contributed by atoms with E-state index < -0.39 is 5.97 Å². The van der Waals surface area contributed by atoms with E-state index in [-0.39, 0.29) is 0 Å². The molecule has 2 aliphatic rings. The van der Waals surface area contributed by atoms with Crippen LogP contribution in [-0.4, -0.2) is 23.0 Å². The van der Waals surface area contributed by atoms with Crippen LogP contribution in [0.25, 0.3) is 16.6 Å². The van der Waals surface area contributed by atoms with E-state index in [1.165, 1.54) is 56.8 Å². The number of benzene rings is 2. The highest BCUT2D eigenvalue weighted by Crippen LogP contribution is 2.46.